The van der Waals surface area contributed by atoms with Gasteiger partial charge in [-0.15, -0.1) is 0 Å². The standard InChI is InChI=1S/C30H36BrN3O4S/c1-22-17-23(2)19-27(18-22)34(39(4,37)38)16-8-11-29(35)33(21-25-12-14-26(31)15-13-25)28(30(36)32-3)20-24-9-6-5-7-10-24/h5-7,9-10,12-15,17-19,28H,8,11,16,20-21H2,1-4H3,(H,32,36)/t28-/m0/s1. The van der Waals surface area contributed by atoms with E-state index >= 15 is 0 Å². The van der Waals surface area contributed by atoms with Gasteiger partial charge in [-0.2, -0.15) is 0 Å². The third kappa shape index (κ3) is 8.93. The van der Waals surface area contributed by atoms with Crippen molar-refractivity contribution in [1.29, 1.82) is 0 Å². The number of nitrogens with one attached hydrogen (secondary N) is 1. The molecule has 0 saturated carbocycles. The van der Waals surface area contributed by atoms with Gasteiger partial charge in [0, 0.05) is 37.5 Å². The maximum atomic E-state index is 13.7. The molecule has 3 aromatic rings. The fourth-order valence-electron chi connectivity index (χ4n) is 4.61. The molecule has 0 fully saturated rings. The fraction of sp³-hybridized carbons (Fsp3) is 0.333. The maximum absolute atomic E-state index is 13.7. The van der Waals surface area contributed by atoms with Gasteiger partial charge >= 0.3 is 0 Å². The quantitative estimate of drug-likeness (QED) is 0.311. The van der Waals surface area contributed by atoms with Gasteiger partial charge in [0.1, 0.15) is 6.04 Å². The van der Waals surface area contributed by atoms with Crippen LogP contribution < -0.4 is 9.62 Å². The van der Waals surface area contributed by atoms with Gasteiger partial charge in [0.25, 0.3) is 0 Å². The molecule has 0 bridgehead atoms. The Kier molecular flexibility index (Phi) is 10.7. The van der Waals surface area contributed by atoms with Gasteiger partial charge in [0.15, 0.2) is 0 Å². The molecule has 208 valence electrons. The lowest BCUT2D eigenvalue weighted by molar-refractivity contribution is -0.141. The highest BCUT2D eigenvalue weighted by molar-refractivity contribution is 9.10. The van der Waals surface area contributed by atoms with Crippen molar-refractivity contribution in [3.8, 4) is 0 Å². The van der Waals surface area contributed by atoms with E-state index in [9.17, 15) is 18.0 Å². The minimum Gasteiger partial charge on any atom is -0.357 e. The van der Waals surface area contributed by atoms with Gasteiger partial charge in [-0.1, -0.05) is 64.5 Å². The van der Waals surface area contributed by atoms with Crippen molar-refractivity contribution in [2.45, 2.75) is 45.7 Å². The van der Waals surface area contributed by atoms with Crippen LogP contribution in [0.1, 0.15) is 35.1 Å². The number of carbonyl (C=O) groups is 2. The number of benzene rings is 3. The van der Waals surface area contributed by atoms with Crippen molar-refractivity contribution >= 4 is 43.5 Å². The van der Waals surface area contributed by atoms with Crippen LogP contribution in [-0.4, -0.2) is 51.0 Å². The molecule has 0 radical (unpaired) electrons. The molecule has 0 aliphatic heterocycles. The molecule has 9 heteroatoms. The first kappa shape index (κ1) is 30.4. The molecule has 3 rings (SSSR count). The Morgan fingerprint density at radius 2 is 1.54 bits per heavy atom. The van der Waals surface area contributed by atoms with Gasteiger partial charge in [-0.3, -0.25) is 13.9 Å². The first-order valence-corrected chi connectivity index (χ1v) is 15.5. The summed E-state index contributed by atoms with van der Waals surface area (Å²) in [5.41, 5.74) is 4.34. The zero-order chi connectivity index (χ0) is 28.6. The highest BCUT2D eigenvalue weighted by atomic mass is 79.9. The number of likely N-dealkylation sites (N-methyl/N-ethyl adjacent to an activating group) is 1. The molecule has 0 saturated heterocycles. The van der Waals surface area contributed by atoms with Crippen molar-refractivity contribution in [1.82, 2.24) is 10.2 Å². The minimum atomic E-state index is -3.56. The van der Waals surface area contributed by atoms with Gasteiger partial charge < -0.3 is 10.2 Å². The Bertz CT molecular complexity index is 1360. The summed E-state index contributed by atoms with van der Waals surface area (Å²) in [5, 5.41) is 2.71. The summed E-state index contributed by atoms with van der Waals surface area (Å²) in [6.45, 7) is 4.26. The Hall–Kier alpha value is -3.17. The lowest BCUT2D eigenvalue weighted by atomic mass is 10.0. The molecule has 0 aromatic heterocycles. The molecule has 3 aromatic carbocycles. The van der Waals surface area contributed by atoms with E-state index in [1.807, 2.05) is 86.6 Å². The third-order valence-electron chi connectivity index (χ3n) is 6.43. The molecule has 2 amide bonds. The Morgan fingerprint density at radius 1 is 0.923 bits per heavy atom. The van der Waals surface area contributed by atoms with Crippen LogP contribution >= 0.6 is 15.9 Å². The van der Waals surface area contributed by atoms with Crippen LogP contribution in [0.4, 0.5) is 5.69 Å². The van der Waals surface area contributed by atoms with Gasteiger partial charge in [0.05, 0.1) is 11.9 Å². The number of rotatable bonds is 12. The van der Waals surface area contributed by atoms with Crippen molar-refractivity contribution in [2.24, 2.45) is 0 Å². The molecule has 39 heavy (non-hydrogen) atoms. The first-order chi connectivity index (χ1) is 18.5. The zero-order valence-corrected chi connectivity index (χ0v) is 25.3. The predicted octanol–water partition coefficient (Wildman–Crippen LogP) is 5.00. The van der Waals surface area contributed by atoms with E-state index in [-0.39, 0.29) is 31.3 Å². The molecule has 7 nitrogen and oxygen atoms in total. The van der Waals surface area contributed by atoms with Crippen LogP contribution in [0.5, 0.6) is 0 Å². The van der Waals surface area contributed by atoms with Gasteiger partial charge in [-0.25, -0.2) is 8.42 Å². The Labute approximate surface area is 240 Å². The first-order valence-electron chi connectivity index (χ1n) is 12.8. The lowest BCUT2D eigenvalue weighted by Crippen LogP contribution is -2.49. The largest absolute Gasteiger partial charge is 0.357 e. The summed E-state index contributed by atoms with van der Waals surface area (Å²) in [7, 11) is -1.99. The van der Waals surface area contributed by atoms with Gasteiger partial charge in [-0.05, 0) is 66.8 Å². The van der Waals surface area contributed by atoms with Crippen LogP contribution in [0, 0.1) is 13.8 Å². The summed E-state index contributed by atoms with van der Waals surface area (Å²) >= 11 is 3.44. The zero-order valence-electron chi connectivity index (χ0n) is 22.9. The van der Waals surface area contributed by atoms with E-state index in [0.29, 0.717) is 18.5 Å². The normalized spacial score (nSPS) is 12.0. The summed E-state index contributed by atoms with van der Waals surface area (Å²) in [6.07, 6.45) is 1.94. The highest BCUT2D eigenvalue weighted by Crippen LogP contribution is 2.23. The number of anilines is 1. The summed E-state index contributed by atoms with van der Waals surface area (Å²) in [6, 6.07) is 22.2. The molecule has 1 N–H and O–H groups in total. The van der Waals surface area contributed by atoms with Crippen LogP contribution in [0.3, 0.4) is 0 Å². The number of halogens is 1. The van der Waals surface area contributed by atoms with Crippen LogP contribution in [0.15, 0.2) is 77.3 Å². The fourth-order valence-corrected chi connectivity index (χ4v) is 5.82. The lowest BCUT2D eigenvalue weighted by Gasteiger charge is -2.31. The van der Waals surface area contributed by atoms with E-state index < -0.39 is 16.1 Å². The third-order valence-corrected chi connectivity index (χ3v) is 8.15. The molecule has 0 heterocycles. The van der Waals surface area contributed by atoms with Crippen LogP contribution in [-0.2, 0) is 32.6 Å². The van der Waals surface area contributed by atoms with Crippen molar-refractivity contribution in [3.63, 3.8) is 0 Å². The second-order valence-electron chi connectivity index (χ2n) is 9.75. The Morgan fingerprint density at radius 3 is 2.10 bits per heavy atom. The topological polar surface area (TPSA) is 86.8 Å². The Balaban J connectivity index is 1.85. The second-order valence-corrected chi connectivity index (χ2v) is 12.6. The predicted molar refractivity (Wildman–Crippen MR) is 160 cm³/mol. The van der Waals surface area contributed by atoms with Crippen molar-refractivity contribution in [2.75, 3.05) is 24.2 Å². The van der Waals surface area contributed by atoms with E-state index in [1.54, 1.807) is 11.9 Å². The number of carbonyl (C=O) groups excluding carboxylic acids is 2. The van der Waals surface area contributed by atoms with E-state index in [2.05, 4.69) is 21.2 Å². The van der Waals surface area contributed by atoms with Crippen LogP contribution in [0.25, 0.3) is 0 Å². The number of hydrogen-bond acceptors (Lipinski definition) is 4. The summed E-state index contributed by atoms with van der Waals surface area (Å²) in [5.74, 6) is -0.464. The smallest absolute Gasteiger partial charge is 0.242 e. The van der Waals surface area contributed by atoms with Crippen molar-refractivity contribution < 1.29 is 18.0 Å². The molecule has 1 atom stereocenters. The number of amides is 2. The number of nitrogens with zero attached hydrogens (tertiary/aromatic N) is 2. The average molecular weight is 615 g/mol. The van der Waals surface area contributed by atoms with Crippen LogP contribution in [0.2, 0.25) is 0 Å². The van der Waals surface area contributed by atoms with E-state index in [4.69, 9.17) is 0 Å². The molecule has 0 aliphatic carbocycles. The summed E-state index contributed by atoms with van der Waals surface area (Å²) in [4.78, 5) is 28.4. The molecule has 0 unspecified atom stereocenters. The molecular weight excluding hydrogens is 578 g/mol. The van der Waals surface area contributed by atoms with Gasteiger partial charge in [0.2, 0.25) is 21.8 Å². The molecular formula is C30H36BrN3O4S. The number of hydrogen-bond donors (Lipinski definition) is 1. The number of aryl methyl sites for hydroxylation is 2. The summed E-state index contributed by atoms with van der Waals surface area (Å²) < 4.78 is 27.6. The average Bonchev–Trinajstić information content (AvgIpc) is 2.88. The SMILES string of the molecule is CNC(=O)[C@H](Cc1ccccc1)N(Cc1ccc(Br)cc1)C(=O)CCCN(c1cc(C)cc(C)c1)S(C)(=O)=O. The second kappa shape index (κ2) is 13.8. The minimum absolute atomic E-state index is 0.0929. The number of sulfonamides is 1. The maximum Gasteiger partial charge on any atom is 0.242 e. The van der Waals surface area contributed by atoms with Crippen molar-refractivity contribution in [3.05, 3.63) is 99.5 Å². The molecule has 0 aliphatic rings. The van der Waals surface area contributed by atoms with E-state index in [0.717, 1.165) is 26.7 Å². The monoisotopic (exact) mass is 613 g/mol. The van der Waals surface area contributed by atoms with E-state index in [1.165, 1.54) is 10.6 Å². The molecule has 0 spiro atoms. The highest BCUT2D eigenvalue weighted by Gasteiger charge is 2.30.